The van der Waals surface area contributed by atoms with Gasteiger partial charge in [0.1, 0.15) is 24.4 Å². The summed E-state index contributed by atoms with van der Waals surface area (Å²) in [4.78, 5) is 13.2. The predicted molar refractivity (Wildman–Crippen MR) is 364 cm³/mol. The highest BCUT2D eigenvalue weighted by atomic mass is 16.7. The van der Waals surface area contributed by atoms with Crippen molar-refractivity contribution in [3.63, 3.8) is 0 Å². The van der Waals surface area contributed by atoms with Gasteiger partial charge in [0.15, 0.2) is 6.29 Å². The average molecular weight is 1200 g/mol. The Hall–Kier alpha value is -1.85. The molecule has 0 aromatic heterocycles. The zero-order valence-electron chi connectivity index (χ0n) is 56.1. The predicted octanol–water partition coefficient (Wildman–Crippen LogP) is 20.8. The number of aliphatic hydroxyl groups excluding tert-OH is 5. The lowest BCUT2D eigenvalue weighted by molar-refractivity contribution is -0.302. The summed E-state index contributed by atoms with van der Waals surface area (Å²) in [6.45, 7) is 3.78. The summed E-state index contributed by atoms with van der Waals surface area (Å²) in [5.41, 5.74) is 0. The number of carbonyl (C=O) groups excluding carboxylic acids is 1. The van der Waals surface area contributed by atoms with Gasteiger partial charge in [0, 0.05) is 6.42 Å². The Balaban J connectivity index is 2.02. The summed E-state index contributed by atoms with van der Waals surface area (Å²) < 4.78 is 11.4. The molecule has 0 aliphatic carbocycles. The third-order valence-corrected chi connectivity index (χ3v) is 17.9. The molecule has 7 atom stereocenters. The number of aliphatic hydroxyl groups is 5. The Bertz CT molecular complexity index is 1480. The molecule has 0 radical (unpaired) electrons. The van der Waals surface area contributed by atoms with E-state index < -0.39 is 49.5 Å². The second kappa shape index (κ2) is 65.1. The standard InChI is InChI=1S/C76H143NO8/c1-3-5-7-9-11-13-15-17-19-21-23-25-26-27-28-29-30-31-32-33-34-35-36-37-38-39-40-41-42-43-44-46-48-50-52-54-56-58-60-62-64-66-72(80)77-69(68-84-76-75(83)74(82)73(81)71(67-78)85-76)70(79)65-63-61-59-57-55-53-51-49-47-45-24-22-20-18-16-14-12-10-8-6-4-2/h5,7,11,13,17,19,23,25,69-71,73-76,78-79,81-83H,3-4,6,8-10,12,14-16,18,20-22,24,26-68H2,1-2H3,(H,77,80)/b7-5-,13-11-,19-17-,25-23-. The summed E-state index contributed by atoms with van der Waals surface area (Å²) in [6, 6.07) is -0.718. The van der Waals surface area contributed by atoms with Crippen LogP contribution in [0, 0.1) is 0 Å². The van der Waals surface area contributed by atoms with Gasteiger partial charge in [-0.25, -0.2) is 0 Å². The first-order valence-electron chi connectivity index (χ1n) is 37.3. The summed E-state index contributed by atoms with van der Waals surface area (Å²) in [5.74, 6) is -0.135. The molecule has 6 N–H and O–H groups in total. The van der Waals surface area contributed by atoms with Crippen molar-refractivity contribution in [1.29, 1.82) is 0 Å². The minimum atomic E-state index is -1.55. The third-order valence-electron chi connectivity index (χ3n) is 17.9. The fourth-order valence-corrected chi connectivity index (χ4v) is 12.2. The Morgan fingerprint density at radius 2 is 0.729 bits per heavy atom. The zero-order chi connectivity index (χ0) is 61.4. The number of allylic oxidation sites excluding steroid dienone is 8. The van der Waals surface area contributed by atoms with Crippen LogP contribution in [-0.2, 0) is 14.3 Å². The van der Waals surface area contributed by atoms with E-state index in [0.29, 0.717) is 12.8 Å². The smallest absolute Gasteiger partial charge is 0.220 e. The molecule has 1 amide bonds. The molecule has 500 valence electrons. The molecule has 7 unspecified atom stereocenters. The van der Waals surface area contributed by atoms with Gasteiger partial charge < -0.3 is 40.3 Å². The van der Waals surface area contributed by atoms with Crippen molar-refractivity contribution < 1.29 is 39.8 Å². The largest absolute Gasteiger partial charge is 0.394 e. The van der Waals surface area contributed by atoms with Crippen molar-refractivity contribution in [3.8, 4) is 0 Å². The highest BCUT2D eigenvalue weighted by molar-refractivity contribution is 5.76. The van der Waals surface area contributed by atoms with Gasteiger partial charge in [-0.3, -0.25) is 4.79 Å². The van der Waals surface area contributed by atoms with Gasteiger partial charge in [-0.05, 0) is 51.4 Å². The highest BCUT2D eigenvalue weighted by Crippen LogP contribution is 2.24. The van der Waals surface area contributed by atoms with Gasteiger partial charge in [-0.1, -0.05) is 364 Å². The van der Waals surface area contributed by atoms with Crippen LogP contribution in [0.15, 0.2) is 48.6 Å². The van der Waals surface area contributed by atoms with E-state index in [2.05, 4.69) is 67.8 Å². The first-order valence-corrected chi connectivity index (χ1v) is 37.3. The average Bonchev–Trinajstić information content (AvgIpc) is 3.68. The van der Waals surface area contributed by atoms with Gasteiger partial charge >= 0.3 is 0 Å². The van der Waals surface area contributed by atoms with Gasteiger partial charge in [0.2, 0.25) is 5.91 Å². The highest BCUT2D eigenvalue weighted by Gasteiger charge is 2.44. The van der Waals surface area contributed by atoms with E-state index in [1.54, 1.807) is 0 Å². The van der Waals surface area contributed by atoms with Crippen LogP contribution in [0.25, 0.3) is 0 Å². The molecule has 9 nitrogen and oxygen atoms in total. The molecule has 0 aromatic carbocycles. The van der Waals surface area contributed by atoms with E-state index in [0.717, 1.165) is 64.2 Å². The van der Waals surface area contributed by atoms with Gasteiger partial charge in [-0.2, -0.15) is 0 Å². The molecule has 1 heterocycles. The molecular formula is C76H143NO8. The first kappa shape index (κ1) is 81.2. The van der Waals surface area contributed by atoms with E-state index in [9.17, 15) is 30.3 Å². The maximum Gasteiger partial charge on any atom is 0.220 e. The number of ether oxygens (including phenoxy) is 2. The van der Waals surface area contributed by atoms with Crippen LogP contribution >= 0.6 is 0 Å². The van der Waals surface area contributed by atoms with Crippen LogP contribution in [0.5, 0.6) is 0 Å². The lowest BCUT2D eigenvalue weighted by atomic mass is 9.99. The topological polar surface area (TPSA) is 149 Å². The molecule has 1 aliphatic heterocycles. The molecule has 0 bridgehead atoms. The summed E-state index contributed by atoms with van der Waals surface area (Å²) in [6.07, 6.45) is 82.1. The molecule has 85 heavy (non-hydrogen) atoms. The van der Waals surface area contributed by atoms with Crippen LogP contribution in [0.4, 0.5) is 0 Å². The van der Waals surface area contributed by atoms with Crippen molar-refractivity contribution in [2.24, 2.45) is 0 Å². The van der Waals surface area contributed by atoms with Crippen LogP contribution in [0.1, 0.15) is 373 Å². The lowest BCUT2D eigenvalue weighted by Gasteiger charge is -2.40. The number of rotatable bonds is 66. The molecular weight excluding hydrogens is 1050 g/mol. The van der Waals surface area contributed by atoms with Crippen molar-refractivity contribution in [3.05, 3.63) is 48.6 Å². The van der Waals surface area contributed by atoms with Crippen molar-refractivity contribution in [2.75, 3.05) is 13.2 Å². The minimum absolute atomic E-state index is 0.133. The second-order valence-corrected chi connectivity index (χ2v) is 26.1. The number of nitrogens with one attached hydrogen (secondary N) is 1. The van der Waals surface area contributed by atoms with E-state index >= 15 is 0 Å². The van der Waals surface area contributed by atoms with Crippen molar-refractivity contribution in [2.45, 2.75) is 416 Å². The number of unbranched alkanes of at least 4 members (excludes halogenated alkanes) is 48. The Morgan fingerprint density at radius 1 is 0.412 bits per heavy atom. The maximum atomic E-state index is 13.2. The second-order valence-electron chi connectivity index (χ2n) is 26.1. The van der Waals surface area contributed by atoms with Crippen LogP contribution in [0.3, 0.4) is 0 Å². The molecule has 1 rings (SSSR count). The molecule has 0 aromatic rings. The van der Waals surface area contributed by atoms with E-state index in [4.69, 9.17) is 9.47 Å². The fourth-order valence-electron chi connectivity index (χ4n) is 12.2. The molecule has 0 saturated carbocycles. The monoisotopic (exact) mass is 1200 g/mol. The van der Waals surface area contributed by atoms with E-state index in [1.807, 2.05) is 0 Å². The van der Waals surface area contributed by atoms with Gasteiger partial charge in [0.25, 0.3) is 0 Å². The summed E-state index contributed by atoms with van der Waals surface area (Å²) in [7, 11) is 0. The third kappa shape index (κ3) is 53.7. The molecule has 1 fully saturated rings. The lowest BCUT2D eigenvalue weighted by Crippen LogP contribution is -2.60. The number of hydrogen-bond acceptors (Lipinski definition) is 8. The Labute approximate surface area is 526 Å². The summed E-state index contributed by atoms with van der Waals surface area (Å²) >= 11 is 0. The molecule has 1 aliphatic rings. The van der Waals surface area contributed by atoms with E-state index in [1.165, 1.54) is 283 Å². The first-order chi connectivity index (χ1) is 41.8. The minimum Gasteiger partial charge on any atom is -0.394 e. The van der Waals surface area contributed by atoms with Gasteiger partial charge in [-0.15, -0.1) is 0 Å². The number of hydrogen-bond donors (Lipinski definition) is 6. The fraction of sp³-hybridized carbons (Fsp3) is 0.882. The SMILES string of the molecule is CC/C=C\C/C=C\C/C=C\C/C=C\CCCCCCCCCCCCCCCCCCCCCCCCCCCCCCC(=O)NC(COC1OC(CO)C(O)C(O)C1O)C(O)CCCCCCCCCCCCCCCCCCCCCCC. The summed E-state index contributed by atoms with van der Waals surface area (Å²) in [5, 5.41) is 55.0. The maximum absolute atomic E-state index is 13.2. The van der Waals surface area contributed by atoms with Crippen LogP contribution < -0.4 is 5.32 Å². The van der Waals surface area contributed by atoms with Gasteiger partial charge in [0.05, 0.1) is 25.4 Å². The van der Waals surface area contributed by atoms with Crippen LogP contribution in [-0.4, -0.2) is 87.5 Å². The Morgan fingerprint density at radius 3 is 1.08 bits per heavy atom. The molecule has 9 heteroatoms. The zero-order valence-corrected chi connectivity index (χ0v) is 56.1. The molecule has 0 spiro atoms. The van der Waals surface area contributed by atoms with E-state index in [-0.39, 0.29) is 12.5 Å². The van der Waals surface area contributed by atoms with Crippen LogP contribution in [0.2, 0.25) is 0 Å². The Kier molecular flexibility index (Phi) is 62.2. The molecule has 1 saturated heterocycles. The number of carbonyl (C=O) groups is 1. The normalized spacial score (nSPS) is 18.3. The van der Waals surface area contributed by atoms with Crippen molar-refractivity contribution >= 4 is 5.91 Å². The van der Waals surface area contributed by atoms with Crippen molar-refractivity contribution in [1.82, 2.24) is 5.32 Å². The number of amides is 1. The quantitative estimate of drug-likeness (QED) is 0.0261.